The molecule has 0 bridgehead atoms. The van der Waals surface area contributed by atoms with E-state index in [0.717, 1.165) is 18.4 Å². The van der Waals surface area contributed by atoms with Gasteiger partial charge in [-0.15, -0.1) is 5.92 Å². The Labute approximate surface area is 101 Å². The van der Waals surface area contributed by atoms with Crippen LogP contribution in [-0.4, -0.2) is 17.7 Å². The van der Waals surface area contributed by atoms with Crippen molar-refractivity contribution < 1.29 is 4.92 Å². The molecular formula is C13H14N2O2. The molecular weight excluding hydrogens is 216 g/mol. The highest BCUT2D eigenvalue weighted by atomic mass is 16.6. The van der Waals surface area contributed by atoms with Gasteiger partial charge in [-0.25, -0.2) is 0 Å². The molecule has 0 aliphatic carbocycles. The topological polar surface area (TPSA) is 55.5 Å². The van der Waals surface area contributed by atoms with Crippen LogP contribution in [0.2, 0.25) is 0 Å². The molecule has 0 unspecified atom stereocenters. The Bertz CT molecular complexity index is 470. The number of benzene rings is 1. The van der Waals surface area contributed by atoms with E-state index in [9.17, 15) is 10.1 Å². The Hall–Kier alpha value is -2.15. The molecule has 88 valence electrons. The number of aliphatic imine (C=N–C) groups is 1. The van der Waals surface area contributed by atoms with Gasteiger partial charge in [0.05, 0.1) is 11.5 Å². The summed E-state index contributed by atoms with van der Waals surface area (Å²) in [6.45, 7) is 2.50. The van der Waals surface area contributed by atoms with Crippen LogP contribution in [0.1, 0.15) is 25.3 Å². The fourth-order valence-electron chi connectivity index (χ4n) is 1.18. The molecule has 4 heteroatoms. The average molecular weight is 230 g/mol. The largest absolute Gasteiger partial charge is 0.280 e. The van der Waals surface area contributed by atoms with E-state index in [1.807, 2.05) is 0 Å². The first-order chi connectivity index (χ1) is 8.24. The monoisotopic (exact) mass is 230 g/mol. The Morgan fingerprint density at radius 3 is 3.00 bits per heavy atom. The highest BCUT2D eigenvalue weighted by molar-refractivity contribution is 5.80. The third kappa shape index (κ3) is 4.94. The van der Waals surface area contributed by atoms with E-state index in [4.69, 9.17) is 0 Å². The van der Waals surface area contributed by atoms with E-state index in [1.165, 1.54) is 12.1 Å². The van der Waals surface area contributed by atoms with E-state index in [1.54, 1.807) is 18.3 Å². The van der Waals surface area contributed by atoms with Gasteiger partial charge >= 0.3 is 0 Å². The van der Waals surface area contributed by atoms with Gasteiger partial charge < -0.3 is 0 Å². The van der Waals surface area contributed by atoms with Crippen molar-refractivity contribution in [2.75, 3.05) is 6.54 Å². The van der Waals surface area contributed by atoms with Gasteiger partial charge in [-0.3, -0.25) is 15.1 Å². The summed E-state index contributed by atoms with van der Waals surface area (Å²) in [5.41, 5.74) is 0.794. The van der Waals surface area contributed by atoms with Gasteiger partial charge in [0.25, 0.3) is 5.69 Å². The van der Waals surface area contributed by atoms with Crippen LogP contribution in [0.4, 0.5) is 5.69 Å². The SMILES string of the molecule is CCCC#CC/N=C/c1cccc([N+](=O)[O-])c1. The van der Waals surface area contributed by atoms with Crippen molar-refractivity contribution in [1.82, 2.24) is 0 Å². The fraction of sp³-hybridized carbons (Fsp3) is 0.308. The molecule has 0 aliphatic rings. The summed E-state index contributed by atoms with van der Waals surface area (Å²) in [4.78, 5) is 14.2. The van der Waals surface area contributed by atoms with E-state index in [0.29, 0.717) is 6.54 Å². The third-order valence-corrected chi connectivity index (χ3v) is 1.99. The Morgan fingerprint density at radius 1 is 1.47 bits per heavy atom. The van der Waals surface area contributed by atoms with Crippen LogP contribution < -0.4 is 0 Å². The molecule has 0 fully saturated rings. The van der Waals surface area contributed by atoms with Crippen LogP contribution in [0.5, 0.6) is 0 Å². The molecule has 0 saturated carbocycles. The highest BCUT2D eigenvalue weighted by Gasteiger charge is 2.03. The first-order valence-electron chi connectivity index (χ1n) is 5.44. The molecule has 0 amide bonds. The van der Waals surface area contributed by atoms with Crippen LogP contribution in [-0.2, 0) is 0 Å². The van der Waals surface area contributed by atoms with E-state index >= 15 is 0 Å². The van der Waals surface area contributed by atoms with Crippen LogP contribution >= 0.6 is 0 Å². The standard InChI is InChI=1S/C13H14N2O2/c1-2-3-4-5-9-14-11-12-7-6-8-13(10-12)15(16)17/h6-8,10-11H,2-3,9H2,1H3/b14-11+. The quantitative estimate of drug-likeness (QED) is 0.345. The molecule has 0 saturated heterocycles. The summed E-state index contributed by atoms with van der Waals surface area (Å²) in [6.07, 6.45) is 3.53. The van der Waals surface area contributed by atoms with Gasteiger partial charge in [0, 0.05) is 24.8 Å². The molecule has 0 radical (unpaired) electrons. The van der Waals surface area contributed by atoms with Crippen molar-refractivity contribution in [2.45, 2.75) is 19.8 Å². The van der Waals surface area contributed by atoms with Gasteiger partial charge in [-0.1, -0.05) is 25.0 Å². The van der Waals surface area contributed by atoms with Gasteiger partial charge in [0.15, 0.2) is 0 Å². The van der Waals surface area contributed by atoms with Crippen molar-refractivity contribution >= 4 is 11.9 Å². The first kappa shape index (κ1) is 12.9. The molecule has 0 atom stereocenters. The second-order valence-corrected chi connectivity index (χ2v) is 3.43. The zero-order valence-electron chi connectivity index (χ0n) is 9.72. The molecule has 0 aromatic heterocycles. The zero-order valence-corrected chi connectivity index (χ0v) is 9.72. The van der Waals surface area contributed by atoms with Gasteiger partial charge in [-0.2, -0.15) is 0 Å². The number of unbranched alkanes of at least 4 members (excludes halogenated alkanes) is 1. The Kier molecular flexibility index (Phi) is 5.45. The zero-order chi connectivity index (χ0) is 12.5. The van der Waals surface area contributed by atoms with Crippen molar-refractivity contribution in [2.24, 2.45) is 4.99 Å². The predicted molar refractivity (Wildman–Crippen MR) is 68.2 cm³/mol. The molecule has 4 nitrogen and oxygen atoms in total. The molecule has 1 aromatic rings. The van der Waals surface area contributed by atoms with Crippen molar-refractivity contribution in [3.05, 3.63) is 39.9 Å². The Morgan fingerprint density at radius 2 is 2.29 bits per heavy atom. The molecule has 0 heterocycles. The summed E-state index contributed by atoms with van der Waals surface area (Å²) in [5, 5.41) is 10.5. The van der Waals surface area contributed by atoms with E-state index in [2.05, 4.69) is 23.8 Å². The van der Waals surface area contributed by atoms with Crippen LogP contribution in [0.15, 0.2) is 29.3 Å². The number of nitro groups is 1. The van der Waals surface area contributed by atoms with Crippen LogP contribution in [0.25, 0.3) is 0 Å². The van der Waals surface area contributed by atoms with Crippen LogP contribution in [0.3, 0.4) is 0 Å². The van der Waals surface area contributed by atoms with Crippen molar-refractivity contribution in [3.8, 4) is 11.8 Å². The minimum Gasteiger partial charge on any atom is -0.280 e. The lowest BCUT2D eigenvalue weighted by Crippen LogP contribution is -1.89. The van der Waals surface area contributed by atoms with Crippen LogP contribution in [0, 0.1) is 22.0 Å². The third-order valence-electron chi connectivity index (χ3n) is 1.99. The highest BCUT2D eigenvalue weighted by Crippen LogP contribution is 2.11. The summed E-state index contributed by atoms with van der Waals surface area (Å²) >= 11 is 0. The summed E-state index contributed by atoms with van der Waals surface area (Å²) in [5.74, 6) is 5.89. The number of nitro benzene ring substituents is 1. The second-order valence-electron chi connectivity index (χ2n) is 3.43. The summed E-state index contributed by atoms with van der Waals surface area (Å²) < 4.78 is 0. The van der Waals surface area contributed by atoms with E-state index in [-0.39, 0.29) is 5.69 Å². The molecule has 1 aromatic carbocycles. The van der Waals surface area contributed by atoms with E-state index < -0.39 is 4.92 Å². The maximum absolute atomic E-state index is 10.5. The second kappa shape index (κ2) is 7.18. The molecule has 0 N–H and O–H groups in total. The maximum Gasteiger partial charge on any atom is 0.270 e. The lowest BCUT2D eigenvalue weighted by Gasteiger charge is -1.92. The predicted octanol–water partition coefficient (Wildman–Crippen LogP) is 2.82. The number of non-ortho nitro benzene ring substituents is 1. The first-order valence-corrected chi connectivity index (χ1v) is 5.44. The number of nitrogens with zero attached hydrogens (tertiary/aromatic N) is 2. The fourth-order valence-corrected chi connectivity index (χ4v) is 1.18. The van der Waals surface area contributed by atoms with Crippen molar-refractivity contribution in [1.29, 1.82) is 0 Å². The Balaban J connectivity index is 2.57. The van der Waals surface area contributed by atoms with Gasteiger partial charge in [-0.05, 0) is 12.0 Å². The average Bonchev–Trinajstić information content (AvgIpc) is 2.34. The lowest BCUT2D eigenvalue weighted by molar-refractivity contribution is -0.384. The van der Waals surface area contributed by atoms with Crippen molar-refractivity contribution in [3.63, 3.8) is 0 Å². The number of rotatable bonds is 4. The number of hydrogen-bond acceptors (Lipinski definition) is 3. The van der Waals surface area contributed by atoms with Gasteiger partial charge in [0.1, 0.15) is 0 Å². The summed E-state index contributed by atoms with van der Waals surface area (Å²) in [7, 11) is 0. The minimum atomic E-state index is -0.418. The maximum atomic E-state index is 10.5. The smallest absolute Gasteiger partial charge is 0.270 e. The molecule has 0 spiro atoms. The molecule has 17 heavy (non-hydrogen) atoms. The lowest BCUT2D eigenvalue weighted by atomic mass is 10.2. The minimum absolute atomic E-state index is 0.0750. The normalized spacial score (nSPS) is 9.94. The molecule has 0 aliphatic heterocycles. The number of hydrogen-bond donors (Lipinski definition) is 0. The summed E-state index contributed by atoms with van der Waals surface area (Å²) in [6, 6.07) is 6.36. The molecule has 1 rings (SSSR count). The van der Waals surface area contributed by atoms with Gasteiger partial charge in [0.2, 0.25) is 0 Å².